The summed E-state index contributed by atoms with van der Waals surface area (Å²) >= 11 is 0. The number of nitrogens with one attached hydrogen (secondary N) is 1. The summed E-state index contributed by atoms with van der Waals surface area (Å²) in [6.07, 6.45) is 2.89. The van der Waals surface area contributed by atoms with Gasteiger partial charge in [-0.2, -0.15) is 0 Å². The molecule has 2 unspecified atom stereocenters. The molecule has 1 aromatic carbocycles. The number of aromatic nitrogens is 1. The summed E-state index contributed by atoms with van der Waals surface area (Å²) in [5, 5.41) is 3.50. The Morgan fingerprint density at radius 1 is 1.12 bits per heavy atom. The molecule has 3 rings (SSSR count). The predicted molar refractivity (Wildman–Crippen MR) is 100 cm³/mol. The summed E-state index contributed by atoms with van der Waals surface area (Å²) in [6.45, 7) is 7.60. The van der Waals surface area contributed by atoms with Crippen molar-refractivity contribution in [1.82, 2.24) is 10.3 Å². The van der Waals surface area contributed by atoms with Gasteiger partial charge in [-0.05, 0) is 42.5 Å². The monoisotopic (exact) mass is 340 g/mol. The molecule has 2 heterocycles. The number of hydrogen-bond donors (Lipinski definition) is 1. The molecule has 4 nitrogen and oxygen atoms in total. The third-order valence-corrected chi connectivity index (χ3v) is 4.58. The van der Waals surface area contributed by atoms with E-state index < -0.39 is 0 Å². The quantitative estimate of drug-likeness (QED) is 0.830. The minimum Gasteiger partial charge on any atom is -0.488 e. The molecule has 134 valence electrons. The zero-order valence-corrected chi connectivity index (χ0v) is 15.2. The van der Waals surface area contributed by atoms with E-state index in [1.165, 1.54) is 5.56 Å². The molecule has 1 saturated heterocycles. The topological polar surface area (TPSA) is 43.4 Å². The Morgan fingerprint density at radius 3 is 2.76 bits per heavy atom. The summed E-state index contributed by atoms with van der Waals surface area (Å²) in [7, 11) is 0. The van der Waals surface area contributed by atoms with Gasteiger partial charge in [-0.15, -0.1) is 0 Å². The number of hydrogen-bond acceptors (Lipinski definition) is 4. The Kier molecular flexibility index (Phi) is 6.29. The van der Waals surface area contributed by atoms with Crippen LogP contribution in [-0.2, 0) is 0 Å². The van der Waals surface area contributed by atoms with Crippen LogP contribution in [0.5, 0.6) is 11.6 Å². The average Bonchev–Trinajstić information content (AvgIpc) is 2.66. The molecule has 1 aromatic heterocycles. The normalized spacial score (nSPS) is 20.4. The molecule has 0 aliphatic carbocycles. The fraction of sp³-hybridized carbons (Fsp3) is 0.476. The van der Waals surface area contributed by atoms with Gasteiger partial charge < -0.3 is 14.8 Å². The molecule has 25 heavy (non-hydrogen) atoms. The Bertz CT molecular complexity index is 645. The molecule has 1 fully saturated rings. The molecule has 1 N–H and O–H groups in total. The first-order valence-electron chi connectivity index (χ1n) is 9.20. The second kappa shape index (κ2) is 8.86. The van der Waals surface area contributed by atoms with Crippen LogP contribution < -0.4 is 14.8 Å². The van der Waals surface area contributed by atoms with Crippen LogP contribution in [0, 0.1) is 11.8 Å². The largest absolute Gasteiger partial charge is 0.488 e. The summed E-state index contributed by atoms with van der Waals surface area (Å²) in [6, 6.07) is 14.6. The fourth-order valence-corrected chi connectivity index (χ4v) is 3.27. The van der Waals surface area contributed by atoms with E-state index in [0.29, 0.717) is 36.8 Å². The number of rotatable bonds is 7. The highest BCUT2D eigenvalue weighted by molar-refractivity contribution is 5.32. The predicted octanol–water partition coefficient (Wildman–Crippen LogP) is 3.89. The molecule has 1 aliphatic heterocycles. The van der Waals surface area contributed by atoms with Crippen molar-refractivity contribution in [1.29, 1.82) is 0 Å². The van der Waals surface area contributed by atoms with Crippen molar-refractivity contribution in [3.8, 4) is 11.6 Å². The number of nitrogens with zero attached hydrogens (tertiary/aromatic N) is 1. The maximum absolute atomic E-state index is 6.13. The van der Waals surface area contributed by atoms with Gasteiger partial charge >= 0.3 is 0 Å². The number of benzene rings is 1. The molecule has 4 heteroatoms. The highest BCUT2D eigenvalue weighted by Crippen LogP contribution is 2.32. The van der Waals surface area contributed by atoms with Crippen LogP contribution in [0.15, 0.2) is 48.7 Å². The molecule has 2 aromatic rings. The van der Waals surface area contributed by atoms with Crippen LogP contribution in [0.25, 0.3) is 0 Å². The van der Waals surface area contributed by atoms with Crippen LogP contribution in [-0.4, -0.2) is 31.3 Å². The minimum atomic E-state index is 0.439. The molecule has 0 amide bonds. The first-order chi connectivity index (χ1) is 12.2. The molecule has 1 aliphatic rings. The third kappa shape index (κ3) is 4.95. The van der Waals surface area contributed by atoms with Gasteiger partial charge in [-0.1, -0.05) is 44.2 Å². The van der Waals surface area contributed by atoms with Gasteiger partial charge in [0.25, 0.3) is 5.88 Å². The van der Waals surface area contributed by atoms with Gasteiger partial charge in [0.1, 0.15) is 0 Å². The lowest BCUT2D eigenvalue weighted by Crippen LogP contribution is -2.38. The average molecular weight is 340 g/mol. The van der Waals surface area contributed by atoms with Gasteiger partial charge in [0, 0.05) is 18.7 Å². The fourth-order valence-electron chi connectivity index (χ4n) is 3.27. The van der Waals surface area contributed by atoms with E-state index in [2.05, 4.69) is 54.5 Å². The highest BCUT2D eigenvalue weighted by Gasteiger charge is 2.27. The lowest BCUT2D eigenvalue weighted by Gasteiger charge is -2.32. The van der Waals surface area contributed by atoms with Crippen molar-refractivity contribution in [3.05, 3.63) is 54.2 Å². The van der Waals surface area contributed by atoms with Crippen molar-refractivity contribution < 1.29 is 9.47 Å². The van der Waals surface area contributed by atoms with Crippen LogP contribution in [0.4, 0.5) is 0 Å². The lowest BCUT2D eigenvalue weighted by molar-refractivity contribution is 0.182. The van der Waals surface area contributed by atoms with E-state index in [9.17, 15) is 0 Å². The van der Waals surface area contributed by atoms with Crippen LogP contribution >= 0.6 is 0 Å². The van der Waals surface area contributed by atoms with Crippen molar-refractivity contribution in [2.75, 3.05) is 26.3 Å². The second-order valence-corrected chi connectivity index (χ2v) is 7.09. The Balaban J connectivity index is 1.65. The SMILES string of the molecule is CC(C)COc1ncccc1OCC1CNCCC1c1ccccc1. The van der Waals surface area contributed by atoms with Crippen molar-refractivity contribution in [3.63, 3.8) is 0 Å². The van der Waals surface area contributed by atoms with Gasteiger partial charge in [0.05, 0.1) is 13.2 Å². The van der Waals surface area contributed by atoms with E-state index in [1.54, 1.807) is 6.20 Å². The molecule has 0 saturated carbocycles. The maximum Gasteiger partial charge on any atom is 0.256 e. The minimum absolute atomic E-state index is 0.439. The Labute approximate surface area is 150 Å². The van der Waals surface area contributed by atoms with E-state index in [1.807, 2.05) is 12.1 Å². The van der Waals surface area contributed by atoms with E-state index >= 15 is 0 Å². The summed E-state index contributed by atoms with van der Waals surface area (Å²) in [4.78, 5) is 4.33. The Hall–Kier alpha value is -2.07. The Morgan fingerprint density at radius 2 is 1.96 bits per heavy atom. The van der Waals surface area contributed by atoms with Gasteiger partial charge in [0.15, 0.2) is 5.75 Å². The third-order valence-electron chi connectivity index (χ3n) is 4.58. The molecular formula is C21H28N2O2. The van der Waals surface area contributed by atoms with E-state index in [0.717, 1.165) is 25.3 Å². The standard InChI is InChI=1S/C21H28N2O2/c1-16(2)14-25-21-20(9-6-11-23-21)24-15-18-13-22-12-10-19(18)17-7-4-3-5-8-17/h3-9,11,16,18-19,22H,10,12-15H2,1-2H3. The zero-order valence-electron chi connectivity index (χ0n) is 15.2. The molecule has 0 spiro atoms. The number of ether oxygens (including phenoxy) is 2. The van der Waals surface area contributed by atoms with Crippen LogP contribution in [0.1, 0.15) is 31.7 Å². The van der Waals surface area contributed by atoms with Gasteiger partial charge in [0.2, 0.25) is 0 Å². The van der Waals surface area contributed by atoms with Gasteiger partial charge in [-0.3, -0.25) is 0 Å². The molecular weight excluding hydrogens is 312 g/mol. The number of piperidine rings is 1. The highest BCUT2D eigenvalue weighted by atomic mass is 16.5. The van der Waals surface area contributed by atoms with Crippen molar-refractivity contribution in [2.24, 2.45) is 11.8 Å². The molecule has 2 atom stereocenters. The first-order valence-corrected chi connectivity index (χ1v) is 9.20. The molecule has 0 bridgehead atoms. The summed E-state index contributed by atoms with van der Waals surface area (Å²) in [5.41, 5.74) is 1.40. The summed E-state index contributed by atoms with van der Waals surface area (Å²) in [5.74, 6) is 2.75. The van der Waals surface area contributed by atoms with Gasteiger partial charge in [-0.25, -0.2) is 4.98 Å². The smallest absolute Gasteiger partial charge is 0.256 e. The molecule has 0 radical (unpaired) electrons. The van der Waals surface area contributed by atoms with E-state index in [4.69, 9.17) is 9.47 Å². The van der Waals surface area contributed by atoms with Crippen molar-refractivity contribution >= 4 is 0 Å². The van der Waals surface area contributed by atoms with Crippen LogP contribution in [0.3, 0.4) is 0 Å². The van der Waals surface area contributed by atoms with Crippen molar-refractivity contribution in [2.45, 2.75) is 26.2 Å². The zero-order chi connectivity index (χ0) is 17.5. The second-order valence-electron chi connectivity index (χ2n) is 7.09. The number of pyridine rings is 1. The van der Waals surface area contributed by atoms with E-state index in [-0.39, 0.29) is 0 Å². The van der Waals surface area contributed by atoms with Crippen LogP contribution in [0.2, 0.25) is 0 Å². The lowest BCUT2D eigenvalue weighted by atomic mass is 9.81. The summed E-state index contributed by atoms with van der Waals surface area (Å²) < 4.78 is 11.9. The maximum atomic E-state index is 6.13. The first kappa shape index (κ1) is 17.7.